The first-order chi connectivity index (χ1) is 16.2. The maximum Gasteiger partial charge on any atom is 0.132 e. The molecule has 5 heteroatoms. The third-order valence-corrected chi connectivity index (χ3v) is 6.03. The van der Waals surface area contributed by atoms with Crippen LogP contribution < -0.4 is 10.1 Å². The van der Waals surface area contributed by atoms with Gasteiger partial charge in [0.1, 0.15) is 29.4 Å². The van der Waals surface area contributed by atoms with Crippen molar-refractivity contribution in [2.24, 2.45) is 0 Å². The van der Waals surface area contributed by atoms with Gasteiger partial charge >= 0.3 is 0 Å². The monoisotopic (exact) mass is 463 g/mol. The number of rotatable bonds is 8. The van der Waals surface area contributed by atoms with Crippen LogP contribution in [0, 0.1) is 12.7 Å². The highest BCUT2D eigenvalue weighted by Crippen LogP contribution is 2.45. The van der Waals surface area contributed by atoms with Crippen molar-refractivity contribution >= 4 is 5.69 Å². The van der Waals surface area contributed by atoms with Gasteiger partial charge in [0, 0.05) is 17.8 Å². The largest absolute Gasteiger partial charge is 0.485 e. The van der Waals surface area contributed by atoms with Crippen LogP contribution in [0.2, 0.25) is 0 Å². The Morgan fingerprint density at radius 2 is 1.65 bits per heavy atom. The molecule has 2 atom stereocenters. The van der Waals surface area contributed by atoms with E-state index in [1.807, 2.05) is 39.8 Å². The first-order valence-corrected chi connectivity index (χ1v) is 11.8. The number of anilines is 1. The highest BCUT2D eigenvalue weighted by atomic mass is 19.1. The number of nitrogens with one attached hydrogen (secondary N) is 1. The van der Waals surface area contributed by atoms with E-state index < -0.39 is 5.60 Å². The summed E-state index contributed by atoms with van der Waals surface area (Å²) in [6, 6.07) is 21.0. The van der Waals surface area contributed by atoms with E-state index in [0.29, 0.717) is 6.61 Å². The molecule has 4 nitrogen and oxygen atoms in total. The van der Waals surface area contributed by atoms with E-state index in [1.165, 1.54) is 23.3 Å². The van der Waals surface area contributed by atoms with Gasteiger partial charge in [0.2, 0.25) is 0 Å². The second-order valence-electron chi connectivity index (χ2n) is 9.76. The highest BCUT2D eigenvalue weighted by molar-refractivity contribution is 5.54. The molecule has 0 bridgehead atoms. The normalized spacial score (nSPS) is 18.9. The number of halogens is 1. The minimum Gasteiger partial charge on any atom is -0.485 e. The molecule has 0 amide bonds. The molecule has 2 unspecified atom stereocenters. The van der Waals surface area contributed by atoms with Gasteiger partial charge in [-0.3, -0.25) is 0 Å². The van der Waals surface area contributed by atoms with Gasteiger partial charge in [-0.05, 0) is 76.1 Å². The van der Waals surface area contributed by atoms with Crippen molar-refractivity contribution in [3.8, 4) is 5.75 Å². The second kappa shape index (κ2) is 10.2. The molecule has 0 fully saturated rings. The molecule has 3 aromatic carbocycles. The van der Waals surface area contributed by atoms with Crippen molar-refractivity contribution in [3.63, 3.8) is 0 Å². The van der Waals surface area contributed by atoms with Crippen molar-refractivity contribution in [2.75, 3.05) is 5.32 Å². The summed E-state index contributed by atoms with van der Waals surface area (Å²) in [6.45, 7) is 11.3. The molecule has 180 valence electrons. The van der Waals surface area contributed by atoms with E-state index in [2.05, 4.69) is 42.6 Å². The topological polar surface area (TPSA) is 39.7 Å². The summed E-state index contributed by atoms with van der Waals surface area (Å²) in [4.78, 5) is 0. The average Bonchev–Trinajstić information content (AvgIpc) is 2.79. The van der Waals surface area contributed by atoms with Crippen molar-refractivity contribution in [2.45, 2.75) is 71.7 Å². The third kappa shape index (κ3) is 5.78. The number of benzene rings is 3. The Hall–Kier alpha value is -2.89. The van der Waals surface area contributed by atoms with Gasteiger partial charge in [0.25, 0.3) is 0 Å². The lowest BCUT2D eigenvalue weighted by atomic mass is 9.87. The lowest BCUT2D eigenvalue weighted by Gasteiger charge is -2.45. The van der Waals surface area contributed by atoms with Crippen LogP contribution in [0.5, 0.6) is 5.75 Å². The zero-order valence-corrected chi connectivity index (χ0v) is 20.6. The number of hydrogen-bond acceptors (Lipinski definition) is 4. The first-order valence-electron chi connectivity index (χ1n) is 11.8. The number of ether oxygens (including phenoxy) is 3. The first kappa shape index (κ1) is 24.2. The predicted molar refractivity (Wildman–Crippen MR) is 134 cm³/mol. The summed E-state index contributed by atoms with van der Waals surface area (Å²) < 4.78 is 32.5. The number of fused-ring (bicyclic) bond motifs is 1. The van der Waals surface area contributed by atoms with Crippen LogP contribution in [0.1, 0.15) is 56.1 Å². The maximum absolute atomic E-state index is 13.3. The van der Waals surface area contributed by atoms with E-state index in [9.17, 15) is 4.39 Å². The van der Waals surface area contributed by atoms with Crippen LogP contribution >= 0.6 is 0 Å². The summed E-state index contributed by atoms with van der Waals surface area (Å²) >= 11 is 0. The van der Waals surface area contributed by atoms with Crippen LogP contribution in [-0.4, -0.2) is 17.8 Å². The Bertz CT molecular complexity index is 1090. The van der Waals surface area contributed by atoms with Gasteiger partial charge in [0.05, 0.1) is 12.7 Å². The molecular formula is C29H34FNO3. The smallest absolute Gasteiger partial charge is 0.132 e. The van der Waals surface area contributed by atoms with Crippen molar-refractivity contribution in [3.05, 3.63) is 94.8 Å². The fourth-order valence-corrected chi connectivity index (χ4v) is 4.25. The van der Waals surface area contributed by atoms with Gasteiger partial charge < -0.3 is 19.5 Å². The second-order valence-corrected chi connectivity index (χ2v) is 9.76. The highest BCUT2D eigenvalue weighted by Gasteiger charge is 2.46. The molecule has 0 aromatic heterocycles. The lowest BCUT2D eigenvalue weighted by Crippen LogP contribution is -2.51. The summed E-state index contributed by atoms with van der Waals surface area (Å²) in [7, 11) is 0. The molecule has 4 rings (SSSR count). The lowest BCUT2D eigenvalue weighted by molar-refractivity contribution is -0.177. The van der Waals surface area contributed by atoms with E-state index >= 15 is 0 Å². The maximum atomic E-state index is 13.3. The van der Waals surface area contributed by atoms with Crippen molar-refractivity contribution < 1.29 is 18.6 Å². The van der Waals surface area contributed by atoms with Crippen LogP contribution in [0.3, 0.4) is 0 Å². The molecule has 1 aliphatic heterocycles. The molecule has 3 aromatic rings. The zero-order valence-electron chi connectivity index (χ0n) is 20.6. The molecule has 1 aliphatic rings. The fourth-order valence-electron chi connectivity index (χ4n) is 4.25. The summed E-state index contributed by atoms with van der Waals surface area (Å²) in [5, 5.41) is 3.52. The molecular weight excluding hydrogens is 429 g/mol. The SMILES string of the molecule is Cc1ccc(CNc2ccc3c(c2)C(OC(C)C)C(OCc2ccc(F)cc2)C(C)(C)O3)cc1. The number of hydrogen-bond donors (Lipinski definition) is 1. The average molecular weight is 464 g/mol. The fraction of sp³-hybridized carbons (Fsp3) is 0.379. The number of aryl methyl sites for hydroxylation is 1. The summed E-state index contributed by atoms with van der Waals surface area (Å²) in [5.41, 5.74) is 4.72. The Balaban J connectivity index is 1.57. The molecule has 0 radical (unpaired) electrons. The molecule has 1 heterocycles. The van der Waals surface area contributed by atoms with E-state index in [1.54, 1.807) is 12.1 Å². The zero-order chi connectivity index (χ0) is 24.3. The minimum atomic E-state index is -0.608. The van der Waals surface area contributed by atoms with Crippen molar-refractivity contribution in [1.82, 2.24) is 0 Å². The van der Waals surface area contributed by atoms with Gasteiger partial charge in [0.15, 0.2) is 0 Å². The Morgan fingerprint density at radius 1 is 0.971 bits per heavy atom. The molecule has 34 heavy (non-hydrogen) atoms. The van der Waals surface area contributed by atoms with Gasteiger partial charge in [-0.2, -0.15) is 0 Å². The standard InChI is InChI=1S/C29H34FNO3/c1-19(2)33-27-25-16-24(31-17-21-8-6-20(3)7-9-21)14-15-26(25)34-29(4,5)28(27)32-18-22-10-12-23(30)13-11-22/h6-16,19,27-28,31H,17-18H2,1-5H3. The van der Waals surface area contributed by atoms with Gasteiger partial charge in [-0.1, -0.05) is 42.0 Å². The molecule has 1 N–H and O–H groups in total. The minimum absolute atomic E-state index is 0.00726. The van der Waals surface area contributed by atoms with Crippen molar-refractivity contribution in [1.29, 1.82) is 0 Å². The van der Waals surface area contributed by atoms with Crippen LogP contribution in [0.25, 0.3) is 0 Å². The quantitative estimate of drug-likeness (QED) is 0.392. The molecule has 0 aliphatic carbocycles. The van der Waals surface area contributed by atoms with Crippen LogP contribution in [0.4, 0.5) is 10.1 Å². The van der Waals surface area contributed by atoms with E-state index in [0.717, 1.165) is 29.1 Å². The van der Waals surface area contributed by atoms with E-state index in [4.69, 9.17) is 14.2 Å². The summed E-state index contributed by atoms with van der Waals surface area (Å²) in [5.74, 6) is 0.545. The van der Waals surface area contributed by atoms with E-state index in [-0.39, 0.29) is 24.1 Å². The Morgan fingerprint density at radius 3 is 2.32 bits per heavy atom. The van der Waals surface area contributed by atoms with Crippen LogP contribution in [-0.2, 0) is 22.6 Å². The molecule has 0 saturated carbocycles. The molecule has 0 saturated heterocycles. The third-order valence-electron chi connectivity index (χ3n) is 6.03. The summed E-state index contributed by atoms with van der Waals surface area (Å²) in [6.07, 6.45) is -0.645. The van der Waals surface area contributed by atoms with Gasteiger partial charge in [-0.25, -0.2) is 4.39 Å². The Kier molecular flexibility index (Phi) is 7.24. The van der Waals surface area contributed by atoms with Crippen LogP contribution in [0.15, 0.2) is 66.7 Å². The van der Waals surface area contributed by atoms with Gasteiger partial charge in [-0.15, -0.1) is 0 Å². The molecule has 0 spiro atoms. The Labute approximate surface area is 202 Å². The predicted octanol–water partition coefficient (Wildman–Crippen LogP) is 6.97.